The molecular formula is C17H25N3O3. The molecule has 1 heterocycles. The van der Waals surface area contributed by atoms with Gasteiger partial charge in [0, 0.05) is 36.8 Å². The zero-order chi connectivity index (χ0) is 16.7. The summed E-state index contributed by atoms with van der Waals surface area (Å²) in [5.74, 6) is -0.251. The van der Waals surface area contributed by atoms with Gasteiger partial charge in [0.2, 0.25) is 0 Å². The average molecular weight is 319 g/mol. The summed E-state index contributed by atoms with van der Waals surface area (Å²) >= 11 is 0. The smallest absolute Gasteiger partial charge is 0.270 e. The van der Waals surface area contributed by atoms with Crippen LogP contribution in [0.5, 0.6) is 0 Å². The number of piperidine rings is 1. The van der Waals surface area contributed by atoms with Crippen molar-refractivity contribution < 1.29 is 9.72 Å². The van der Waals surface area contributed by atoms with E-state index in [-0.39, 0.29) is 11.6 Å². The summed E-state index contributed by atoms with van der Waals surface area (Å²) in [4.78, 5) is 24.8. The molecule has 0 spiro atoms. The van der Waals surface area contributed by atoms with E-state index in [9.17, 15) is 14.9 Å². The summed E-state index contributed by atoms with van der Waals surface area (Å²) in [7, 11) is 0. The van der Waals surface area contributed by atoms with Crippen LogP contribution in [0.3, 0.4) is 0 Å². The summed E-state index contributed by atoms with van der Waals surface area (Å²) in [6.07, 6.45) is 5.93. The summed E-state index contributed by atoms with van der Waals surface area (Å²) in [5.41, 5.74) is 0.278. The molecule has 1 atom stereocenters. The SMILES string of the molecule is CC[C@@H]1CCCCN1CCCNC(=O)c1cccc([N+](=O)[O-])c1. The van der Waals surface area contributed by atoms with Gasteiger partial charge in [-0.05, 0) is 38.3 Å². The fourth-order valence-electron chi connectivity index (χ4n) is 3.16. The maximum Gasteiger partial charge on any atom is 0.270 e. The molecule has 23 heavy (non-hydrogen) atoms. The van der Waals surface area contributed by atoms with Crippen LogP contribution in [-0.2, 0) is 0 Å². The highest BCUT2D eigenvalue weighted by atomic mass is 16.6. The second-order valence-corrected chi connectivity index (χ2v) is 6.01. The molecule has 1 amide bonds. The van der Waals surface area contributed by atoms with Gasteiger partial charge < -0.3 is 10.2 Å². The molecule has 126 valence electrons. The number of hydrogen-bond donors (Lipinski definition) is 1. The topological polar surface area (TPSA) is 75.5 Å². The molecule has 6 nitrogen and oxygen atoms in total. The minimum Gasteiger partial charge on any atom is -0.352 e. The molecule has 1 aliphatic heterocycles. The van der Waals surface area contributed by atoms with E-state index in [1.165, 1.54) is 43.9 Å². The number of likely N-dealkylation sites (tertiary alicyclic amines) is 1. The van der Waals surface area contributed by atoms with E-state index in [4.69, 9.17) is 0 Å². The Bertz CT molecular complexity index is 548. The van der Waals surface area contributed by atoms with Gasteiger partial charge in [0.15, 0.2) is 0 Å². The van der Waals surface area contributed by atoms with Crippen molar-refractivity contribution in [2.24, 2.45) is 0 Å². The summed E-state index contributed by atoms with van der Waals surface area (Å²) < 4.78 is 0. The Morgan fingerprint density at radius 3 is 3.00 bits per heavy atom. The monoisotopic (exact) mass is 319 g/mol. The fourth-order valence-corrected chi connectivity index (χ4v) is 3.16. The Balaban J connectivity index is 1.76. The van der Waals surface area contributed by atoms with Crippen molar-refractivity contribution in [2.75, 3.05) is 19.6 Å². The van der Waals surface area contributed by atoms with Crippen LogP contribution in [0.1, 0.15) is 49.4 Å². The average Bonchev–Trinajstić information content (AvgIpc) is 2.59. The zero-order valence-electron chi connectivity index (χ0n) is 13.7. The first-order valence-corrected chi connectivity index (χ1v) is 8.38. The molecule has 2 rings (SSSR count). The quantitative estimate of drug-likeness (QED) is 0.476. The van der Waals surface area contributed by atoms with E-state index in [1.54, 1.807) is 6.07 Å². The van der Waals surface area contributed by atoms with Gasteiger partial charge in [0.1, 0.15) is 0 Å². The molecule has 1 aliphatic rings. The van der Waals surface area contributed by atoms with Gasteiger partial charge in [-0.3, -0.25) is 14.9 Å². The van der Waals surface area contributed by atoms with Crippen LogP contribution in [-0.4, -0.2) is 41.4 Å². The van der Waals surface area contributed by atoms with Crippen LogP contribution < -0.4 is 5.32 Å². The first-order valence-electron chi connectivity index (χ1n) is 8.38. The zero-order valence-corrected chi connectivity index (χ0v) is 13.7. The summed E-state index contributed by atoms with van der Waals surface area (Å²) in [6.45, 7) is 4.96. The third kappa shape index (κ3) is 5.03. The van der Waals surface area contributed by atoms with Gasteiger partial charge in [-0.25, -0.2) is 0 Å². The van der Waals surface area contributed by atoms with Crippen molar-refractivity contribution in [3.05, 3.63) is 39.9 Å². The first kappa shape index (κ1) is 17.4. The Labute approximate surface area is 137 Å². The molecular weight excluding hydrogens is 294 g/mol. The highest BCUT2D eigenvalue weighted by Gasteiger charge is 2.20. The van der Waals surface area contributed by atoms with Crippen molar-refractivity contribution in [1.29, 1.82) is 0 Å². The molecule has 0 aromatic heterocycles. The van der Waals surface area contributed by atoms with Crippen molar-refractivity contribution >= 4 is 11.6 Å². The number of carbonyl (C=O) groups excluding carboxylic acids is 1. The van der Waals surface area contributed by atoms with Gasteiger partial charge in [0.25, 0.3) is 11.6 Å². The first-order chi connectivity index (χ1) is 11.1. The number of nitrogens with zero attached hydrogens (tertiary/aromatic N) is 2. The van der Waals surface area contributed by atoms with E-state index in [2.05, 4.69) is 17.1 Å². The highest BCUT2D eigenvalue weighted by molar-refractivity contribution is 5.94. The Kier molecular flexibility index (Phi) is 6.52. The normalized spacial score (nSPS) is 18.6. The number of rotatable bonds is 7. The molecule has 0 radical (unpaired) electrons. The number of amides is 1. The third-order valence-electron chi connectivity index (χ3n) is 4.45. The number of hydrogen-bond acceptors (Lipinski definition) is 4. The lowest BCUT2D eigenvalue weighted by Crippen LogP contribution is -2.40. The number of non-ortho nitro benzene ring substituents is 1. The molecule has 0 aliphatic carbocycles. The Morgan fingerprint density at radius 1 is 1.43 bits per heavy atom. The molecule has 1 saturated heterocycles. The maximum atomic E-state index is 12.0. The third-order valence-corrected chi connectivity index (χ3v) is 4.45. The van der Waals surface area contributed by atoms with Gasteiger partial charge in [0.05, 0.1) is 4.92 Å². The van der Waals surface area contributed by atoms with E-state index in [0.717, 1.165) is 19.5 Å². The van der Waals surface area contributed by atoms with Gasteiger partial charge in [-0.1, -0.05) is 19.4 Å². The molecule has 1 aromatic rings. The predicted octanol–water partition coefficient (Wildman–Crippen LogP) is 2.98. The molecule has 0 bridgehead atoms. The molecule has 0 saturated carbocycles. The maximum absolute atomic E-state index is 12.0. The summed E-state index contributed by atoms with van der Waals surface area (Å²) in [6, 6.07) is 6.51. The second kappa shape index (κ2) is 8.62. The molecule has 6 heteroatoms. The molecule has 1 fully saturated rings. The number of benzene rings is 1. The lowest BCUT2D eigenvalue weighted by atomic mass is 10.00. The molecule has 0 unspecified atom stereocenters. The van der Waals surface area contributed by atoms with Crippen LogP contribution in [0.25, 0.3) is 0 Å². The minimum atomic E-state index is -0.488. The lowest BCUT2D eigenvalue weighted by Gasteiger charge is -2.35. The van der Waals surface area contributed by atoms with E-state index in [1.807, 2.05) is 0 Å². The number of carbonyl (C=O) groups is 1. The van der Waals surface area contributed by atoms with Crippen LogP contribution in [0, 0.1) is 10.1 Å². The fraction of sp³-hybridized carbons (Fsp3) is 0.588. The molecule has 1 N–H and O–H groups in total. The lowest BCUT2D eigenvalue weighted by molar-refractivity contribution is -0.384. The van der Waals surface area contributed by atoms with Crippen LogP contribution in [0.15, 0.2) is 24.3 Å². The van der Waals surface area contributed by atoms with E-state index in [0.29, 0.717) is 18.2 Å². The number of nitrogens with one attached hydrogen (secondary N) is 1. The highest BCUT2D eigenvalue weighted by Crippen LogP contribution is 2.19. The minimum absolute atomic E-state index is 0.0586. The standard InChI is InChI=1S/C17H25N3O3/c1-2-15-8-3-4-11-19(15)12-6-10-18-17(21)14-7-5-9-16(13-14)20(22)23/h5,7,9,13,15H,2-4,6,8,10-12H2,1H3,(H,18,21)/t15-/m1/s1. The second-order valence-electron chi connectivity index (χ2n) is 6.01. The Morgan fingerprint density at radius 2 is 2.26 bits per heavy atom. The predicted molar refractivity (Wildman–Crippen MR) is 89.5 cm³/mol. The van der Waals surface area contributed by atoms with Crippen molar-refractivity contribution in [3.8, 4) is 0 Å². The van der Waals surface area contributed by atoms with Crippen LogP contribution in [0.4, 0.5) is 5.69 Å². The van der Waals surface area contributed by atoms with Gasteiger partial charge >= 0.3 is 0 Å². The largest absolute Gasteiger partial charge is 0.352 e. The molecule has 1 aromatic carbocycles. The van der Waals surface area contributed by atoms with E-state index < -0.39 is 4.92 Å². The van der Waals surface area contributed by atoms with Crippen LogP contribution in [0.2, 0.25) is 0 Å². The number of nitro benzene ring substituents is 1. The van der Waals surface area contributed by atoms with Crippen molar-refractivity contribution in [1.82, 2.24) is 10.2 Å². The summed E-state index contributed by atoms with van der Waals surface area (Å²) in [5, 5.41) is 13.6. The van der Waals surface area contributed by atoms with Gasteiger partial charge in [-0.15, -0.1) is 0 Å². The Hall–Kier alpha value is -1.95. The van der Waals surface area contributed by atoms with E-state index >= 15 is 0 Å². The number of nitro groups is 1. The van der Waals surface area contributed by atoms with Crippen molar-refractivity contribution in [2.45, 2.75) is 45.1 Å². The van der Waals surface area contributed by atoms with Crippen molar-refractivity contribution in [3.63, 3.8) is 0 Å². The van der Waals surface area contributed by atoms with Gasteiger partial charge in [-0.2, -0.15) is 0 Å². The van der Waals surface area contributed by atoms with Crippen LogP contribution >= 0.6 is 0 Å².